The molecule has 0 saturated heterocycles. The van der Waals surface area contributed by atoms with Gasteiger partial charge in [-0.1, -0.05) is 60.7 Å². The van der Waals surface area contributed by atoms with Crippen LogP contribution < -0.4 is 9.47 Å². The highest BCUT2D eigenvalue weighted by atomic mass is 16.5. The van der Waals surface area contributed by atoms with Crippen LogP contribution in [0.25, 0.3) is 0 Å². The van der Waals surface area contributed by atoms with Crippen LogP contribution in [0.5, 0.6) is 12.0 Å². The highest BCUT2D eigenvalue weighted by Crippen LogP contribution is 2.65. The number of benzene rings is 2. The van der Waals surface area contributed by atoms with Crippen LogP contribution in [-0.4, -0.2) is 34.2 Å². The molecule has 1 aliphatic carbocycles. The molecule has 0 bridgehead atoms. The van der Waals surface area contributed by atoms with Crippen molar-refractivity contribution in [1.82, 2.24) is 19.9 Å². The molecule has 2 aromatic carbocycles. The van der Waals surface area contributed by atoms with Gasteiger partial charge in [-0.2, -0.15) is 9.97 Å². The Bertz CT molecular complexity index is 1080. The molecule has 1 aliphatic rings. The molecule has 2 heterocycles. The van der Waals surface area contributed by atoms with Gasteiger partial charge in [-0.3, -0.25) is 0 Å². The van der Waals surface area contributed by atoms with Gasteiger partial charge >= 0.3 is 12.0 Å². The molecule has 5 rings (SSSR count). The summed E-state index contributed by atoms with van der Waals surface area (Å²) < 4.78 is 10.7. The lowest BCUT2D eigenvalue weighted by atomic mass is 9.50. The van der Waals surface area contributed by atoms with Crippen molar-refractivity contribution in [3.63, 3.8) is 0 Å². The molecule has 0 atom stereocenters. The van der Waals surface area contributed by atoms with Gasteiger partial charge in [0, 0.05) is 36.1 Å². The molecule has 0 spiro atoms. The highest BCUT2D eigenvalue weighted by molar-refractivity contribution is 5.45. The molecule has 32 heavy (non-hydrogen) atoms. The van der Waals surface area contributed by atoms with E-state index in [1.165, 1.54) is 11.1 Å². The van der Waals surface area contributed by atoms with E-state index in [1.54, 1.807) is 26.6 Å². The van der Waals surface area contributed by atoms with Crippen molar-refractivity contribution in [2.45, 2.75) is 23.7 Å². The van der Waals surface area contributed by atoms with Gasteiger partial charge < -0.3 is 9.47 Å². The smallest absolute Gasteiger partial charge is 0.316 e. The summed E-state index contributed by atoms with van der Waals surface area (Å²) in [5.74, 6) is 0.645. The van der Waals surface area contributed by atoms with E-state index in [0.29, 0.717) is 12.0 Å². The fourth-order valence-electron chi connectivity index (χ4n) is 4.94. The molecule has 6 nitrogen and oxygen atoms in total. The van der Waals surface area contributed by atoms with Crippen molar-refractivity contribution in [1.29, 1.82) is 0 Å². The maximum atomic E-state index is 5.34. The number of nitrogens with zero attached hydrogens (tertiary/aromatic N) is 4. The Balaban J connectivity index is 1.68. The predicted octanol–water partition coefficient (Wildman–Crippen LogP) is 4.73. The lowest BCUT2D eigenvalue weighted by molar-refractivity contribution is 0.216. The minimum atomic E-state index is 0.141. The van der Waals surface area contributed by atoms with E-state index in [9.17, 15) is 0 Å². The molecule has 6 heteroatoms. The van der Waals surface area contributed by atoms with Crippen molar-refractivity contribution in [2.24, 2.45) is 0 Å². The molecule has 1 saturated carbocycles. The first-order valence-corrected chi connectivity index (χ1v) is 10.6. The Labute approximate surface area is 187 Å². The average Bonchev–Trinajstić information content (AvgIpc) is 2.85. The van der Waals surface area contributed by atoms with Crippen LogP contribution in [0, 0.1) is 0 Å². The fraction of sp³-hybridized carbons (Fsp3) is 0.231. The van der Waals surface area contributed by atoms with Crippen LogP contribution in [0.2, 0.25) is 0 Å². The Hall–Kier alpha value is -3.80. The van der Waals surface area contributed by atoms with E-state index in [-0.39, 0.29) is 23.7 Å². The minimum Gasteiger partial charge on any atom is -0.467 e. The molecule has 0 unspecified atom stereocenters. The van der Waals surface area contributed by atoms with E-state index in [1.807, 2.05) is 24.3 Å². The highest BCUT2D eigenvalue weighted by Gasteiger charge is 2.54. The lowest BCUT2D eigenvalue weighted by Gasteiger charge is -2.52. The van der Waals surface area contributed by atoms with Gasteiger partial charge in [0.2, 0.25) is 0 Å². The molecular formula is C26H24N4O2. The quantitative estimate of drug-likeness (QED) is 0.446. The second kappa shape index (κ2) is 8.75. The molecule has 0 N–H and O–H groups in total. The summed E-state index contributed by atoms with van der Waals surface area (Å²) in [4.78, 5) is 17.9. The fourth-order valence-corrected chi connectivity index (χ4v) is 4.94. The van der Waals surface area contributed by atoms with Gasteiger partial charge in [0.1, 0.15) is 0 Å². The Morgan fingerprint density at radius 2 is 0.938 bits per heavy atom. The third-order valence-corrected chi connectivity index (χ3v) is 6.27. The summed E-state index contributed by atoms with van der Waals surface area (Å²) in [5, 5.41) is 0. The van der Waals surface area contributed by atoms with E-state index < -0.39 is 0 Å². The van der Waals surface area contributed by atoms with E-state index >= 15 is 0 Å². The molecule has 0 aliphatic heterocycles. The van der Waals surface area contributed by atoms with Gasteiger partial charge in [0.15, 0.2) is 0 Å². The minimum absolute atomic E-state index is 0.141. The summed E-state index contributed by atoms with van der Waals surface area (Å²) in [7, 11) is 3.19. The maximum absolute atomic E-state index is 5.34. The predicted molar refractivity (Wildman–Crippen MR) is 121 cm³/mol. The first-order valence-electron chi connectivity index (χ1n) is 10.6. The molecular weight excluding hydrogens is 400 g/mol. The van der Waals surface area contributed by atoms with Crippen molar-refractivity contribution in [2.75, 3.05) is 14.2 Å². The van der Waals surface area contributed by atoms with Crippen molar-refractivity contribution >= 4 is 0 Å². The third kappa shape index (κ3) is 3.58. The molecule has 2 aromatic heterocycles. The van der Waals surface area contributed by atoms with Gasteiger partial charge in [0.05, 0.1) is 25.6 Å². The summed E-state index contributed by atoms with van der Waals surface area (Å²) in [6.07, 6.45) is 3.54. The van der Waals surface area contributed by atoms with Gasteiger partial charge in [-0.05, 0) is 23.3 Å². The van der Waals surface area contributed by atoms with Crippen LogP contribution >= 0.6 is 0 Å². The summed E-state index contributed by atoms with van der Waals surface area (Å²) >= 11 is 0. The van der Waals surface area contributed by atoms with Crippen LogP contribution in [0.4, 0.5) is 0 Å². The van der Waals surface area contributed by atoms with E-state index in [0.717, 1.165) is 11.4 Å². The molecule has 0 amide bonds. The first kappa shape index (κ1) is 20.1. The zero-order chi connectivity index (χ0) is 21.9. The third-order valence-electron chi connectivity index (χ3n) is 6.27. The van der Waals surface area contributed by atoms with Crippen LogP contribution in [0.1, 0.15) is 46.2 Å². The standard InChI is InChI=1S/C26H24N4O2/c1-31-25-27-15-13-19(29-25)23-21(17-9-5-3-6-10-17)24(20-14-16-28-26(30-20)32-2)22(23)18-11-7-4-8-12-18/h3-16,21-24H,1-2H3. The zero-order valence-corrected chi connectivity index (χ0v) is 18.0. The Morgan fingerprint density at radius 1 is 0.531 bits per heavy atom. The monoisotopic (exact) mass is 424 g/mol. The van der Waals surface area contributed by atoms with Crippen LogP contribution in [0.3, 0.4) is 0 Å². The number of hydrogen-bond donors (Lipinski definition) is 0. The van der Waals surface area contributed by atoms with Gasteiger partial charge in [-0.15, -0.1) is 0 Å². The summed E-state index contributed by atoms with van der Waals surface area (Å²) in [6.45, 7) is 0. The van der Waals surface area contributed by atoms with E-state index in [2.05, 4.69) is 58.5 Å². The number of aromatic nitrogens is 4. The maximum Gasteiger partial charge on any atom is 0.316 e. The Morgan fingerprint density at radius 3 is 1.31 bits per heavy atom. The molecule has 4 aromatic rings. The van der Waals surface area contributed by atoms with Crippen molar-refractivity contribution in [3.05, 3.63) is 108 Å². The van der Waals surface area contributed by atoms with Crippen molar-refractivity contribution < 1.29 is 9.47 Å². The molecule has 0 radical (unpaired) electrons. The number of methoxy groups -OCH3 is 2. The zero-order valence-electron chi connectivity index (χ0n) is 18.0. The largest absolute Gasteiger partial charge is 0.467 e. The lowest BCUT2D eigenvalue weighted by Crippen LogP contribution is -2.41. The number of ether oxygens (including phenoxy) is 2. The van der Waals surface area contributed by atoms with E-state index in [4.69, 9.17) is 19.4 Å². The van der Waals surface area contributed by atoms with Crippen LogP contribution in [-0.2, 0) is 0 Å². The second-order valence-electron chi connectivity index (χ2n) is 7.86. The number of hydrogen-bond acceptors (Lipinski definition) is 6. The number of rotatable bonds is 6. The molecule has 160 valence electrons. The normalized spacial score (nSPS) is 22.1. The van der Waals surface area contributed by atoms with Crippen LogP contribution in [0.15, 0.2) is 85.2 Å². The van der Waals surface area contributed by atoms with Crippen molar-refractivity contribution in [3.8, 4) is 12.0 Å². The summed E-state index contributed by atoms with van der Waals surface area (Å²) in [5.41, 5.74) is 4.45. The molecule has 1 fully saturated rings. The SMILES string of the molecule is COc1nccc(C2C(c3ccccc3)C(c3ccnc(OC)n3)C2c2ccccc2)n1. The summed E-state index contributed by atoms with van der Waals surface area (Å²) in [6, 6.07) is 25.9. The second-order valence-corrected chi connectivity index (χ2v) is 7.86. The topological polar surface area (TPSA) is 70.0 Å². The van der Waals surface area contributed by atoms with Gasteiger partial charge in [-0.25, -0.2) is 9.97 Å². The van der Waals surface area contributed by atoms with Gasteiger partial charge in [0.25, 0.3) is 0 Å². The Kier molecular flexibility index (Phi) is 5.50. The average molecular weight is 425 g/mol. The first-order chi connectivity index (χ1) is 15.8.